The van der Waals surface area contributed by atoms with E-state index in [1.54, 1.807) is 0 Å². The molecule has 3 rings (SSSR count). The van der Waals surface area contributed by atoms with Crippen LogP contribution in [0, 0.1) is 6.92 Å². The average Bonchev–Trinajstić information content (AvgIpc) is 2.98. The van der Waals surface area contributed by atoms with Gasteiger partial charge in [0.05, 0.1) is 0 Å². The Balaban J connectivity index is 1.42. The highest BCUT2D eigenvalue weighted by molar-refractivity contribution is 5.84. The number of hydrogen-bond acceptors (Lipinski definition) is 3. The van der Waals surface area contributed by atoms with Crippen molar-refractivity contribution in [3.8, 4) is 0 Å². The third-order valence-electron chi connectivity index (χ3n) is 5.67. The number of aromatic amines is 1. The number of H-pyrrole nitrogens is 1. The van der Waals surface area contributed by atoms with Gasteiger partial charge in [-0.3, -0.25) is 4.99 Å². The zero-order chi connectivity index (χ0) is 20.5. The minimum absolute atomic E-state index is 0.869. The van der Waals surface area contributed by atoms with Crippen LogP contribution >= 0.6 is 0 Å². The maximum atomic E-state index is 4.78. The highest BCUT2D eigenvalue weighted by atomic mass is 15.2. The maximum Gasteiger partial charge on any atom is 0.191 e. The number of likely N-dealkylation sites (N-methyl/N-ethyl adjacent to an activating group) is 1. The van der Waals surface area contributed by atoms with E-state index in [-0.39, 0.29) is 0 Å². The summed E-state index contributed by atoms with van der Waals surface area (Å²) in [5.41, 5.74) is 3.87. The van der Waals surface area contributed by atoms with Crippen LogP contribution in [0.5, 0.6) is 0 Å². The minimum Gasteiger partial charge on any atom is -0.361 e. The molecule has 0 amide bonds. The zero-order valence-corrected chi connectivity index (χ0v) is 18.4. The van der Waals surface area contributed by atoms with Crippen molar-refractivity contribution in [3.05, 3.63) is 35.5 Å². The van der Waals surface area contributed by atoms with Gasteiger partial charge < -0.3 is 25.4 Å². The van der Waals surface area contributed by atoms with Gasteiger partial charge in [0.1, 0.15) is 0 Å². The number of hydrogen-bond donors (Lipinski definition) is 3. The van der Waals surface area contributed by atoms with E-state index in [1.807, 2.05) is 0 Å². The summed E-state index contributed by atoms with van der Waals surface area (Å²) in [5.74, 6) is 0.929. The van der Waals surface area contributed by atoms with Gasteiger partial charge in [-0.25, -0.2) is 0 Å². The molecule has 0 bridgehead atoms. The van der Waals surface area contributed by atoms with Crippen molar-refractivity contribution < 1.29 is 0 Å². The average molecular weight is 399 g/mol. The number of nitrogens with zero attached hydrogens (tertiary/aromatic N) is 3. The van der Waals surface area contributed by atoms with Crippen LogP contribution in [-0.2, 0) is 6.42 Å². The van der Waals surface area contributed by atoms with Gasteiger partial charge in [-0.15, -0.1) is 0 Å². The lowest BCUT2D eigenvalue weighted by molar-refractivity contribution is 0.275. The third kappa shape index (κ3) is 6.75. The molecular formula is C23H38N6. The van der Waals surface area contributed by atoms with E-state index in [9.17, 15) is 0 Å². The van der Waals surface area contributed by atoms with Gasteiger partial charge in [0, 0.05) is 49.8 Å². The van der Waals surface area contributed by atoms with Crippen molar-refractivity contribution in [1.29, 1.82) is 0 Å². The lowest BCUT2D eigenvalue weighted by Gasteiger charge is -2.19. The van der Waals surface area contributed by atoms with E-state index in [2.05, 4.69) is 70.7 Å². The molecule has 2 heterocycles. The summed E-state index contributed by atoms with van der Waals surface area (Å²) in [6.07, 6.45) is 5.50. The van der Waals surface area contributed by atoms with Crippen LogP contribution in [0.3, 0.4) is 0 Å². The monoisotopic (exact) mass is 398 g/mol. The molecule has 1 aliphatic heterocycles. The van der Waals surface area contributed by atoms with Gasteiger partial charge in [-0.1, -0.05) is 12.1 Å². The Bertz CT molecular complexity index is 781. The number of fused-ring (bicyclic) bond motifs is 1. The molecule has 1 aromatic carbocycles. The highest BCUT2D eigenvalue weighted by Gasteiger charge is 2.11. The first kappa shape index (κ1) is 21.7. The Labute approximate surface area is 175 Å². The molecule has 0 unspecified atom stereocenters. The molecule has 6 heteroatoms. The normalized spacial score (nSPS) is 16.9. The van der Waals surface area contributed by atoms with E-state index in [1.165, 1.54) is 54.6 Å². The lowest BCUT2D eigenvalue weighted by atomic mass is 10.1. The molecule has 6 nitrogen and oxygen atoms in total. The molecular weight excluding hydrogens is 360 g/mol. The van der Waals surface area contributed by atoms with Gasteiger partial charge in [0.25, 0.3) is 0 Å². The summed E-state index contributed by atoms with van der Waals surface area (Å²) in [4.78, 5) is 13.2. The second-order valence-electron chi connectivity index (χ2n) is 8.15. The van der Waals surface area contributed by atoms with Gasteiger partial charge in [0.15, 0.2) is 5.96 Å². The minimum atomic E-state index is 0.869. The number of rotatable bonds is 8. The maximum absolute atomic E-state index is 4.78. The molecule has 160 valence electrons. The summed E-state index contributed by atoms with van der Waals surface area (Å²) < 4.78 is 0. The van der Waals surface area contributed by atoms with Crippen molar-refractivity contribution in [1.82, 2.24) is 25.4 Å². The van der Waals surface area contributed by atoms with Crippen molar-refractivity contribution in [2.75, 3.05) is 59.4 Å². The molecule has 3 N–H and O–H groups in total. The summed E-state index contributed by atoms with van der Waals surface area (Å²) in [6.45, 7) is 12.8. The van der Waals surface area contributed by atoms with Crippen LogP contribution in [0.4, 0.5) is 0 Å². The van der Waals surface area contributed by atoms with Gasteiger partial charge in [-0.05, 0) is 77.0 Å². The van der Waals surface area contributed by atoms with Crippen LogP contribution in [0.2, 0.25) is 0 Å². The number of aromatic nitrogens is 1. The van der Waals surface area contributed by atoms with Crippen LogP contribution in [0.15, 0.2) is 29.4 Å². The molecule has 0 saturated carbocycles. The first-order valence-corrected chi connectivity index (χ1v) is 11.2. The summed E-state index contributed by atoms with van der Waals surface area (Å²) >= 11 is 0. The molecule has 0 aliphatic carbocycles. The molecule has 1 fully saturated rings. The van der Waals surface area contributed by atoms with Crippen molar-refractivity contribution in [3.63, 3.8) is 0 Å². The molecule has 0 radical (unpaired) electrons. The standard InChI is InChI=1S/C23H38N6/c1-4-24-23(25-10-5-13-29-14-6-12-28(3)15-16-29)26-11-9-20-18-27-22-17-19(2)7-8-21(20)22/h7-8,17-18,27H,4-6,9-16H2,1-3H3,(H2,24,25,26). The second-order valence-corrected chi connectivity index (χ2v) is 8.15. The van der Waals surface area contributed by atoms with E-state index >= 15 is 0 Å². The van der Waals surface area contributed by atoms with Crippen LogP contribution in [-0.4, -0.2) is 80.1 Å². The fourth-order valence-corrected chi connectivity index (χ4v) is 3.97. The smallest absolute Gasteiger partial charge is 0.191 e. The molecule has 1 aromatic heterocycles. The number of aryl methyl sites for hydroxylation is 1. The number of guanidine groups is 1. The second kappa shape index (κ2) is 11.2. The van der Waals surface area contributed by atoms with Crippen LogP contribution in [0.1, 0.15) is 30.9 Å². The molecule has 0 spiro atoms. The van der Waals surface area contributed by atoms with E-state index in [0.717, 1.165) is 45.0 Å². The van der Waals surface area contributed by atoms with Gasteiger partial charge in [-0.2, -0.15) is 0 Å². The fourth-order valence-electron chi connectivity index (χ4n) is 3.97. The van der Waals surface area contributed by atoms with Gasteiger partial charge >= 0.3 is 0 Å². The van der Waals surface area contributed by atoms with Crippen molar-refractivity contribution in [2.24, 2.45) is 4.99 Å². The fraction of sp³-hybridized carbons (Fsp3) is 0.609. The first-order valence-electron chi connectivity index (χ1n) is 11.2. The molecule has 1 aliphatic rings. The largest absolute Gasteiger partial charge is 0.361 e. The number of nitrogens with one attached hydrogen (secondary N) is 3. The Morgan fingerprint density at radius 2 is 2.07 bits per heavy atom. The molecule has 1 saturated heterocycles. The predicted octanol–water partition coefficient (Wildman–Crippen LogP) is 2.60. The molecule has 29 heavy (non-hydrogen) atoms. The predicted molar refractivity (Wildman–Crippen MR) is 124 cm³/mol. The first-order chi connectivity index (χ1) is 14.2. The van der Waals surface area contributed by atoms with Crippen LogP contribution < -0.4 is 10.6 Å². The molecule has 0 atom stereocenters. The summed E-state index contributed by atoms with van der Waals surface area (Å²) in [6, 6.07) is 6.61. The van der Waals surface area contributed by atoms with Gasteiger partial charge in [0.2, 0.25) is 0 Å². The lowest BCUT2D eigenvalue weighted by Crippen LogP contribution is -2.38. The zero-order valence-electron chi connectivity index (χ0n) is 18.4. The quantitative estimate of drug-likeness (QED) is 0.363. The highest BCUT2D eigenvalue weighted by Crippen LogP contribution is 2.19. The summed E-state index contributed by atoms with van der Waals surface area (Å²) in [7, 11) is 2.22. The Kier molecular flexibility index (Phi) is 8.38. The van der Waals surface area contributed by atoms with E-state index < -0.39 is 0 Å². The third-order valence-corrected chi connectivity index (χ3v) is 5.67. The Morgan fingerprint density at radius 1 is 1.17 bits per heavy atom. The summed E-state index contributed by atoms with van der Waals surface area (Å²) in [5, 5.41) is 8.19. The molecule has 2 aromatic rings. The Hall–Kier alpha value is -2.05. The topological polar surface area (TPSA) is 58.7 Å². The van der Waals surface area contributed by atoms with Crippen molar-refractivity contribution in [2.45, 2.75) is 33.1 Å². The Morgan fingerprint density at radius 3 is 2.93 bits per heavy atom. The van der Waals surface area contributed by atoms with E-state index in [4.69, 9.17) is 4.99 Å². The van der Waals surface area contributed by atoms with Crippen LogP contribution in [0.25, 0.3) is 10.9 Å². The SMILES string of the molecule is CCNC(=NCCCN1CCCN(C)CC1)NCCc1c[nH]c2cc(C)ccc12. The number of benzene rings is 1. The number of aliphatic imine (C=N–C) groups is 1. The van der Waals surface area contributed by atoms with Crippen molar-refractivity contribution >= 4 is 16.9 Å². The van der Waals surface area contributed by atoms with E-state index in [0.29, 0.717) is 0 Å².